The molecule has 1 aliphatic rings. The summed E-state index contributed by atoms with van der Waals surface area (Å²) in [5.41, 5.74) is 1.18. The van der Waals surface area contributed by atoms with Gasteiger partial charge in [0, 0.05) is 11.3 Å². The van der Waals surface area contributed by atoms with E-state index in [2.05, 4.69) is 16.3 Å². The van der Waals surface area contributed by atoms with Crippen molar-refractivity contribution in [3.05, 3.63) is 113 Å². The molecule has 0 bridgehead atoms. The van der Waals surface area contributed by atoms with Crippen LogP contribution in [0.3, 0.4) is 0 Å². The Morgan fingerprint density at radius 1 is 1.02 bits per heavy atom. The monoisotopic (exact) mass is 599 g/mol. The fourth-order valence-electron chi connectivity index (χ4n) is 4.93. The summed E-state index contributed by atoms with van der Waals surface area (Å²) in [7, 11) is 1.31. The standard InChI is InChI=1S/C31H22FN3O5S2/c1-40-24-13-12-19(15-23(24)32)27(37)25-26(18-8-5-10-21(36)14-18)35(29(39)28(25)38)30-33-34-31(42-30)41-16-20-9-4-7-17-6-2-3-11-22(17)20/h2-15,26,36-37H,16H2,1H3/t26-/m1/s1. The Labute approximate surface area is 247 Å². The van der Waals surface area contributed by atoms with Crippen LogP contribution >= 0.6 is 23.1 Å². The molecular weight excluding hydrogens is 577 g/mol. The van der Waals surface area contributed by atoms with Crippen molar-refractivity contribution in [2.75, 3.05) is 12.0 Å². The van der Waals surface area contributed by atoms with Gasteiger partial charge in [-0.1, -0.05) is 77.7 Å². The largest absolute Gasteiger partial charge is 0.508 e. The molecule has 1 aromatic heterocycles. The molecule has 42 heavy (non-hydrogen) atoms. The second-order valence-electron chi connectivity index (χ2n) is 9.39. The van der Waals surface area contributed by atoms with E-state index in [1.54, 1.807) is 12.1 Å². The molecule has 11 heteroatoms. The number of phenolic OH excluding ortho intramolecular Hbond substituents is 1. The summed E-state index contributed by atoms with van der Waals surface area (Å²) >= 11 is 2.58. The molecule has 1 amide bonds. The minimum atomic E-state index is -1.15. The molecule has 8 nitrogen and oxygen atoms in total. The average molecular weight is 600 g/mol. The maximum Gasteiger partial charge on any atom is 0.301 e. The van der Waals surface area contributed by atoms with Crippen molar-refractivity contribution < 1.29 is 28.9 Å². The SMILES string of the molecule is COc1ccc(C(O)=C2C(=O)C(=O)N(c3nnc(SCc4cccc5ccccc45)s3)[C@@H]2c2cccc(O)c2)cc1F. The first-order valence-electron chi connectivity index (χ1n) is 12.7. The lowest BCUT2D eigenvalue weighted by molar-refractivity contribution is -0.132. The summed E-state index contributed by atoms with van der Waals surface area (Å²) in [5, 5.41) is 32.3. The molecule has 6 rings (SSSR count). The number of carbonyl (C=O) groups excluding carboxylic acids is 2. The molecular formula is C31H22FN3O5S2. The number of amides is 1. The number of ketones is 1. The van der Waals surface area contributed by atoms with Crippen LogP contribution in [0.2, 0.25) is 0 Å². The Morgan fingerprint density at radius 3 is 2.60 bits per heavy atom. The number of aromatic nitrogens is 2. The lowest BCUT2D eigenvalue weighted by Crippen LogP contribution is -2.29. The maximum atomic E-state index is 14.5. The zero-order chi connectivity index (χ0) is 29.4. The summed E-state index contributed by atoms with van der Waals surface area (Å²) in [6.45, 7) is 0. The van der Waals surface area contributed by atoms with Gasteiger partial charge in [-0.15, -0.1) is 10.2 Å². The number of halogens is 1. The van der Waals surface area contributed by atoms with Gasteiger partial charge in [0.15, 0.2) is 15.9 Å². The second-order valence-corrected chi connectivity index (χ2v) is 11.6. The number of anilines is 1. The summed E-state index contributed by atoms with van der Waals surface area (Å²) in [6, 6.07) is 22.7. The van der Waals surface area contributed by atoms with E-state index in [9.17, 15) is 24.2 Å². The lowest BCUT2D eigenvalue weighted by atomic mass is 9.95. The molecule has 0 aliphatic carbocycles. The maximum absolute atomic E-state index is 14.5. The quantitative estimate of drug-likeness (QED) is 0.0721. The number of aliphatic hydroxyl groups is 1. The highest BCUT2D eigenvalue weighted by Gasteiger charge is 2.48. The minimum absolute atomic E-state index is 0.0138. The highest BCUT2D eigenvalue weighted by Crippen LogP contribution is 2.45. The highest BCUT2D eigenvalue weighted by atomic mass is 32.2. The number of carbonyl (C=O) groups is 2. The predicted molar refractivity (Wildman–Crippen MR) is 159 cm³/mol. The van der Waals surface area contributed by atoms with Gasteiger partial charge in [0.25, 0.3) is 5.78 Å². The number of nitrogens with zero attached hydrogens (tertiary/aromatic N) is 3. The van der Waals surface area contributed by atoms with Crippen molar-refractivity contribution >= 4 is 56.5 Å². The van der Waals surface area contributed by atoms with Crippen LogP contribution in [-0.4, -0.2) is 39.2 Å². The molecule has 1 fully saturated rings. The Bertz CT molecular complexity index is 1880. The molecule has 0 spiro atoms. The van der Waals surface area contributed by atoms with Crippen LogP contribution in [0.1, 0.15) is 22.7 Å². The Hall–Kier alpha value is -4.74. The van der Waals surface area contributed by atoms with Gasteiger partial charge in [-0.05, 0) is 52.2 Å². The van der Waals surface area contributed by atoms with E-state index in [1.165, 1.54) is 43.1 Å². The van der Waals surface area contributed by atoms with E-state index in [1.807, 2.05) is 36.4 Å². The van der Waals surface area contributed by atoms with E-state index < -0.39 is 29.3 Å². The third-order valence-electron chi connectivity index (χ3n) is 6.89. The molecule has 0 radical (unpaired) electrons. The van der Waals surface area contributed by atoms with Crippen LogP contribution in [0, 0.1) is 5.82 Å². The van der Waals surface area contributed by atoms with Crippen molar-refractivity contribution in [1.82, 2.24) is 10.2 Å². The summed E-state index contributed by atoms with van der Waals surface area (Å²) in [5.74, 6) is -2.76. The molecule has 1 atom stereocenters. The Morgan fingerprint density at radius 2 is 1.81 bits per heavy atom. The van der Waals surface area contributed by atoms with Crippen molar-refractivity contribution in [2.45, 2.75) is 16.1 Å². The van der Waals surface area contributed by atoms with E-state index in [-0.39, 0.29) is 27.8 Å². The molecule has 210 valence electrons. The third-order valence-corrected chi connectivity index (χ3v) is 8.99. The van der Waals surface area contributed by atoms with Crippen LogP contribution in [0.15, 0.2) is 94.8 Å². The number of fused-ring (bicyclic) bond motifs is 1. The summed E-state index contributed by atoms with van der Waals surface area (Å²) < 4.78 is 20.0. The third kappa shape index (κ3) is 4.97. The van der Waals surface area contributed by atoms with E-state index in [0.717, 1.165) is 38.6 Å². The van der Waals surface area contributed by atoms with Crippen LogP contribution in [-0.2, 0) is 15.3 Å². The number of methoxy groups -OCH3 is 1. The Balaban J connectivity index is 1.38. The van der Waals surface area contributed by atoms with Gasteiger partial charge in [0.2, 0.25) is 5.13 Å². The zero-order valence-electron chi connectivity index (χ0n) is 22.0. The van der Waals surface area contributed by atoms with Crippen LogP contribution in [0.4, 0.5) is 9.52 Å². The zero-order valence-corrected chi connectivity index (χ0v) is 23.7. The fourth-order valence-corrected chi connectivity index (χ4v) is 6.80. The van der Waals surface area contributed by atoms with E-state index >= 15 is 0 Å². The number of ether oxygens (including phenoxy) is 1. The van der Waals surface area contributed by atoms with Crippen molar-refractivity contribution in [3.63, 3.8) is 0 Å². The number of phenols is 1. The molecule has 2 heterocycles. The lowest BCUT2D eigenvalue weighted by Gasteiger charge is -2.22. The molecule has 4 aromatic carbocycles. The molecule has 1 saturated heterocycles. The first kappa shape index (κ1) is 27.4. The number of hydrogen-bond acceptors (Lipinski definition) is 9. The van der Waals surface area contributed by atoms with Gasteiger partial charge >= 0.3 is 5.91 Å². The average Bonchev–Trinajstić information content (AvgIpc) is 3.57. The van der Waals surface area contributed by atoms with Gasteiger partial charge in [-0.25, -0.2) is 4.39 Å². The number of benzene rings is 4. The second kappa shape index (κ2) is 11.3. The van der Waals surface area contributed by atoms with Crippen molar-refractivity contribution in [1.29, 1.82) is 0 Å². The van der Waals surface area contributed by atoms with Gasteiger partial charge in [-0.3, -0.25) is 14.5 Å². The molecule has 5 aromatic rings. The fraction of sp³-hybridized carbons (Fsp3) is 0.0968. The molecule has 2 N–H and O–H groups in total. The predicted octanol–water partition coefficient (Wildman–Crippen LogP) is 6.46. The van der Waals surface area contributed by atoms with Crippen LogP contribution < -0.4 is 9.64 Å². The summed E-state index contributed by atoms with van der Waals surface area (Å²) in [4.78, 5) is 28.0. The topological polar surface area (TPSA) is 113 Å². The minimum Gasteiger partial charge on any atom is -0.508 e. The number of thioether (sulfide) groups is 1. The first-order valence-corrected chi connectivity index (χ1v) is 14.5. The number of Topliss-reactive ketones (excluding diaryl/α,β-unsaturated/α-hetero) is 1. The normalized spacial score (nSPS) is 16.3. The molecule has 1 aliphatic heterocycles. The highest BCUT2D eigenvalue weighted by molar-refractivity contribution is 8.00. The molecule has 0 saturated carbocycles. The molecule has 0 unspecified atom stereocenters. The number of hydrogen-bond donors (Lipinski definition) is 2. The first-order chi connectivity index (χ1) is 20.4. The van der Waals surface area contributed by atoms with Crippen molar-refractivity contribution in [3.8, 4) is 11.5 Å². The number of aromatic hydroxyl groups is 1. The van der Waals surface area contributed by atoms with E-state index in [4.69, 9.17) is 4.74 Å². The Kier molecular flexibility index (Phi) is 7.36. The van der Waals surface area contributed by atoms with Gasteiger partial charge in [0.1, 0.15) is 11.5 Å². The van der Waals surface area contributed by atoms with Gasteiger partial charge < -0.3 is 14.9 Å². The van der Waals surface area contributed by atoms with Gasteiger partial charge in [0.05, 0.1) is 18.7 Å². The van der Waals surface area contributed by atoms with Crippen molar-refractivity contribution in [2.24, 2.45) is 0 Å². The smallest absolute Gasteiger partial charge is 0.301 e. The summed E-state index contributed by atoms with van der Waals surface area (Å²) in [6.07, 6.45) is 0. The number of rotatable bonds is 7. The van der Waals surface area contributed by atoms with Crippen LogP contribution in [0.5, 0.6) is 11.5 Å². The van der Waals surface area contributed by atoms with E-state index in [0.29, 0.717) is 15.7 Å². The van der Waals surface area contributed by atoms with Gasteiger partial charge in [-0.2, -0.15) is 0 Å². The number of aliphatic hydroxyl groups excluding tert-OH is 1. The van der Waals surface area contributed by atoms with Crippen LogP contribution in [0.25, 0.3) is 16.5 Å².